The topological polar surface area (TPSA) is 47.6 Å². The number of anilines is 1. The third-order valence-corrected chi connectivity index (χ3v) is 4.12. The van der Waals surface area contributed by atoms with Gasteiger partial charge in [-0.1, -0.05) is 28.9 Å². The molecule has 0 aromatic heterocycles. The van der Waals surface area contributed by atoms with Crippen molar-refractivity contribution in [1.82, 2.24) is 0 Å². The Morgan fingerprint density at radius 3 is 2.43 bits per heavy atom. The largest absolute Gasteiger partial charge is 0.497 e. The molecular formula is C18H20BrNO3. The van der Waals surface area contributed by atoms with Crippen LogP contribution in [0.15, 0.2) is 46.9 Å². The molecule has 122 valence electrons. The van der Waals surface area contributed by atoms with Crippen molar-refractivity contribution in [2.24, 2.45) is 0 Å². The molecule has 0 bridgehead atoms. The van der Waals surface area contributed by atoms with Gasteiger partial charge in [-0.05, 0) is 41.8 Å². The van der Waals surface area contributed by atoms with Crippen LogP contribution >= 0.6 is 15.9 Å². The molecule has 1 N–H and O–H groups in total. The number of benzene rings is 2. The molecule has 0 aliphatic heterocycles. The molecule has 0 saturated carbocycles. The molecular weight excluding hydrogens is 358 g/mol. The number of carbonyl (C=O) groups excluding carboxylic acids is 1. The lowest BCUT2D eigenvalue weighted by atomic mass is 9.96. The van der Waals surface area contributed by atoms with E-state index in [0.29, 0.717) is 6.42 Å². The molecule has 0 radical (unpaired) electrons. The summed E-state index contributed by atoms with van der Waals surface area (Å²) in [7, 11) is 3.23. The molecule has 0 aliphatic carbocycles. The first-order valence-corrected chi connectivity index (χ1v) is 8.10. The van der Waals surface area contributed by atoms with E-state index in [-0.39, 0.29) is 11.8 Å². The van der Waals surface area contributed by atoms with Gasteiger partial charge in [-0.15, -0.1) is 0 Å². The highest BCUT2D eigenvalue weighted by molar-refractivity contribution is 9.10. The monoisotopic (exact) mass is 377 g/mol. The van der Waals surface area contributed by atoms with Gasteiger partial charge in [0.25, 0.3) is 0 Å². The number of halogens is 1. The summed E-state index contributed by atoms with van der Waals surface area (Å²) in [6, 6.07) is 13.2. The van der Waals surface area contributed by atoms with E-state index in [1.54, 1.807) is 14.2 Å². The molecule has 2 rings (SSSR count). The van der Waals surface area contributed by atoms with Crippen LogP contribution in [0.4, 0.5) is 5.69 Å². The first-order valence-electron chi connectivity index (χ1n) is 7.31. The van der Waals surface area contributed by atoms with Gasteiger partial charge in [0.2, 0.25) is 5.91 Å². The lowest BCUT2D eigenvalue weighted by Crippen LogP contribution is -2.14. The maximum atomic E-state index is 12.2. The quantitative estimate of drug-likeness (QED) is 0.799. The Hall–Kier alpha value is -2.01. The smallest absolute Gasteiger partial charge is 0.224 e. The van der Waals surface area contributed by atoms with E-state index >= 15 is 0 Å². The average Bonchev–Trinajstić information content (AvgIpc) is 2.56. The summed E-state index contributed by atoms with van der Waals surface area (Å²) < 4.78 is 11.6. The van der Waals surface area contributed by atoms with Crippen LogP contribution in [0.1, 0.15) is 24.8 Å². The summed E-state index contributed by atoms with van der Waals surface area (Å²) in [5.41, 5.74) is 1.77. The van der Waals surface area contributed by atoms with Crippen LogP contribution < -0.4 is 14.8 Å². The maximum Gasteiger partial charge on any atom is 0.224 e. The molecule has 1 amide bonds. The number of rotatable bonds is 6. The predicted octanol–water partition coefficient (Wildman–Crippen LogP) is 4.60. The fourth-order valence-electron chi connectivity index (χ4n) is 2.36. The Balaban J connectivity index is 2.04. The zero-order chi connectivity index (χ0) is 16.8. The zero-order valence-corrected chi connectivity index (χ0v) is 15.0. The summed E-state index contributed by atoms with van der Waals surface area (Å²) in [6.45, 7) is 2.01. The molecule has 4 nitrogen and oxygen atoms in total. The van der Waals surface area contributed by atoms with Crippen LogP contribution in [0, 0.1) is 0 Å². The van der Waals surface area contributed by atoms with Crippen LogP contribution in [0.3, 0.4) is 0 Å². The molecule has 0 fully saturated rings. The van der Waals surface area contributed by atoms with Crippen molar-refractivity contribution in [2.75, 3.05) is 19.5 Å². The summed E-state index contributed by atoms with van der Waals surface area (Å²) in [4.78, 5) is 12.2. The molecule has 5 heteroatoms. The normalized spacial score (nSPS) is 11.7. The molecule has 23 heavy (non-hydrogen) atoms. The Bertz CT molecular complexity index is 670. The highest BCUT2D eigenvalue weighted by atomic mass is 79.9. The van der Waals surface area contributed by atoms with Crippen molar-refractivity contribution in [3.63, 3.8) is 0 Å². The summed E-state index contributed by atoms with van der Waals surface area (Å²) >= 11 is 3.37. The van der Waals surface area contributed by atoms with Crippen LogP contribution in [-0.4, -0.2) is 20.1 Å². The number of amides is 1. The van der Waals surface area contributed by atoms with Crippen LogP contribution in [0.2, 0.25) is 0 Å². The second kappa shape index (κ2) is 8.02. The Kier molecular flexibility index (Phi) is 6.04. The highest BCUT2D eigenvalue weighted by Crippen LogP contribution is 2.32. The van der Waals surface area contributed by atoms with Crippen molar-refractivity contribution in [2.45, 2.75) is 19.3 Å². The number of hydrogen-bond acceptors (Lipinski definition) is 3. The van der Waals surface area contributed by atoms with Gasteiger partial charge in [-0.2, -0.15) is 0 Å². The first kappa shape index (κ1) is 17.3. The van der Waals surface area contributed by atoms with Gasteiger partial charge < -0.3 is 14.8 Å². The minimum Gasteiger partial charge on any atom is -0.497 e. The summed E-state index contributed by atoms with van der Waals surface area (Å²) in [5.74, 6) is 1.47. The Morgan fingerprint density at radius 2 is 1.83 bits per heavy atom. The van der Waals surface area contributed by atoms with Crippen LogP contribution in [0.25, 0.3) is 0 Å². The summed E-state index contributed by atoms with van der Waals surface area (Å²) in [6.07, 6.45) is 0.374. The minimum atomic E-state index is -0.0299. The Morgan fingerprint density at radius 1 is 1.13 bits per heavy atom. The number of hydrogen-bond donors (Lipinski definition) is 1. The van der Waals surface area contributed by atoms with Gasteiger partial charge in [0.1, 0.15) is 11.5 Å². The van der Waals surface area contributed by atoms with E-state index in [9.17, 15) is 4.79 Å². The van der Waals surface area contributed by atoms with Gasteiger partial charge in [0, 0.05) is 22.6 Å². The standard InChI is InChI=1S/C18H20BrNO3/c1-12(16-9-8-15(22-2)11-17(16)23-3)10-18(21)20-14-6-4-13(19)5-7-14/h4-9,11-12H,10H2,1-3H3,(H,20,21). The second-order valence-electron chi connectivity index (χ2n) is 5.27. The van der Waals surface area contributed by atoms with Crippen molar-refractivity contribution >= 4 is 27.5 Å². The Labute approximate surface area is 144 Å². The van der Waals surface area contributed by atoms with Gasteiger partial charge in [0.05, 0.1) is 14.2 Å². The van der Waals surface area contributed by atoms with Gasteiger partial charge in [-0.3, -0.25) is 4.79 Å². The number of methoxy groups -OCH3 is 2. The molecule has 0 heterocycles. The molecule has 2 aromatic rings. The van der Waals surface area contributed by atoms with E-state index in [4.69, 9.17) is 9.47 Å². The van der Waals surface area contributed by atoms with Crippen LogP contribution in [0.5, 0.6) is 11.5 Å². The molecule has 1 atom stereocenters. The second-order valence-corrected chi connectivity index (χ2v) is 6.18. The van der Waals surface area contributed by atoms with Gasteiger partial charge in [0.15, 0.2) is 0 Å². The average molecular weight is 378 g/mol. The lowest BCUT2D eigenvalue weighted by Gasteiger charge is -2.16. The fourth-order valence-corrected chi connectivity index (χ4v) is 2.62. The maximum absolute atomic E-state index is 12.2. The van der Waals surface area contributed by atoms with Crippen molar-refractivity contribution < 1.29 is 14.3 Å². The molecule has 1 unspecified atom stereocenters. The SMILES string of the molecule is COc1ccc(C(C)CC(=O)Nc2ccc(Br)cc2)c(OC)c1. The van der Waals surface area contributed by atoms with E-state index in [2.05, 4.69) is 21.2 Å². The van der Waals surface area contributed by atoms with Gasteiger partial charge in [-0.25, -0.2) is 0 Å². The molecule has 2 aromatic carbocycles. The van der Waals surface area contributed by atoms with E-state index < -0.39 is 0 Å². The van der Waals surface area contributed by atoms with Crippen molar-refractivity contribution in [1.29, 1.82) is 0 Å². The highest BCUT2D eigenvalue weighted by Gasteiger charge is 2.16. The third kappa shape index (κ3) is 4.73. The molecule has 0 saturated heterocycles. The van der Waals surface area contributed by atoms with Gasteiger partial charge >= 0.3 is 0 Å². The number of ether oxygens (including phenoxy) is 2. The first-order chi connectivity index (χ1) is 11.0. The molecule has 0 spiro atoms. The predicted molar refractivity (Wildman–Crippen MR) is 95.3 cm³/mol. The zero-order valence-electron chi connectivity index (χ0n) is 13.4. The van der Waals surface area contributed by atoms with E-state index in [1.807, 2.05) is 49.4 Å². The minimum absolute atomic E-state index is 0.0299. The van der Waals surface area contributed by atoms with Crippen molar-refractivity contribution in [3.8, 4) is 11.5 Å². The van der Waals surface area contributed by atoms with Crippen molar-refractivity contribution in [3.05, 3.63) is 52.5 Å². The lowest BCUT2D eigenvalue weighted by molar-refractivity contribution is -0.116. The summed E-state index contributed by atoms with van der Waals surface area (Å²) in [5, 5.41) is 2.90. The molecule has 0 aliphatic rings. The number of carbonyl (C=O) groups is 1. The fraction of sp³-hybridized carbons (Fsp3) is 0.278. The van der Waals surface area contributed by atoms with E-state index in [1.165, 1.54) is 0 Å². The van der Waals surface area contributed by atoms with Crippen LogP contribution in [-0.2, 0) is 4.79 Å². The third-order valence-electron chi connectivity index (χ3n) is 3.59. The van der Waals surface area contributed by atoms with E-state index in [0.717, 1.165) is 27.2 Å². The number of nitrogens with one attached hydrogen (secondary N) is 1.